The lowest BCUT2D eigenvalue weighted by molar-refractivity contribution is -0.118. The van der Waals surface area contributed by atoms with Gasteiger partial charge in [-0.25, -0.2) is 9.97 Å². The topological polar surface area (TPSA) is 58.6 Å². The summed E-state index contributed by atoms with van der Waals surface area (Å²) in [5.41, 5.74) is 2.25. The molecule has 1 saturated heterocycles. The molecule has 0 radical (unpaired) electrons. The lowest BCUT2D eigenvalue weighted by Crippen LogP contribution is -2.37. The molecule has 24 heavy (non-hydrogen) atoms. The summed E-state index contributed by atoms with van der Waals surface area (Å²) in [6, 6.07) is 9.97. The molecule has 2 aromatic rings. The van der Waals surface area contributed by atoms with Crippen LogP contribution in [-0.4, -0.2) is 48.7 Å². The lowest BCUT2D eigenvalue weighted by atomic mass is 10.2. The van der Waals surface area contributed by atoms with Crippen LogP contribution in [0.15, 0.2) is 36.5 Å². The molecule has 2 aliphatic rings. The van der Waals surface area contributed by atoms with E-state index in [1.54, 1.807) is 6.20 Å². The number of ether oxygens (including phenoxy) is 1. The van der Waals surface area contributed by atoms with Crippen LogP contribution in [0.1, 0.15) is 11.4 Å². The van der Waals surface area contributed by atoms with Crippen molar-refractivity contribution in [3.8, 4) is 0 Å². The van der Waals surface area contributed by atoms with Crippen molar-refractivity contribution in [1.29, 1.82) is 0 Å². The van der Waals surface area contributed by atoms with Crippen molar-refractivity contribution in [2.75, 3.05) is 42.6 Å². The summed E-state index contributed by atoms with van der Waals surface area (Å²) in [5.74, 6) is 1.50. The largest absolute Gasteiger partial charge is 0.378 e. The van der Waals surface area contributed by atoms with Gasteiger partial charge in [-0.1, -0.05) is 18.2 Å². The number of anilines is 2. The van der Waals surface area contributed by atoms with Crippen LogP contribution in [0, 0.1) is 0 Å². The fourth-order valence-electron chi connectivity index (χ4n) is 3.27. The Bertz CT molecular complexity index is 743. The van der Waals surface area contributed by atoms with Crippen LogP contribution in [-0.2, 0) is 22.4 Å². The number of hydrogen-bond acceptors (Lipinski definition) is 5. The molecule has 1 aromatic heterocycles. The van der Waals surface area contributed by atoms with E-state index >= 15 is 0 Å². The number of amides is 1. The minimum atomic E-state index is 0.0547. The van der Waals surface area contributed by atoms with Crippen LogP contribution >= 0.6 is 0 Å². The van der Waals surface area contributed by atoms with Gasteiger partial charge < -0.3 is 14.5 Å². The maximum Gasteiger partial charge on any atom is 0.234 e. The van der Waals surface area contributed by atoms with Crippen molar-refractivity contribution in [1.82, 2.24) is 9.97 Å². The first-order valence-corrected chi connectivity index (χ1v) is 8.34. The Hall–Kier alpha value is -2.47. The van der Waals surface area contributed by atoms with Crippen LogP contribution in [0.3, 0.4) is 0 Å². The second kappa shape index (κ2) is 6.57. The molecule has 1 amide bonds. The van der Waals surface area contributed by atoms with Crippen molar-refractivity contribution in [3.05, 3.63) is 47.9 Å². The molecule has 0 aliphatic carbocycles. The summed E-state index contributed by atoms with van der Waals surface area (Å²) in [7, 11) is 0. The van der Waals surface area contributed by atoms with E-state index in [0.29, 0.717) is 19.0 Å². The molecule has 6 nitrogen and oxygen atoms in total. The summed E-state index contributed by atoms with van der Waals surface area (Å²) in [6.07, 6.45) is 2.88. The molecule has 124 valence electrons. The van der Waals surface area contributed by atoms with Crippen molar-refractivity contribution < 1.29 is 9.53 Å². The van der Waals surface area contributed by atoms with Crippen molar-refractivity contribution in [3.63, 3.8) is 0 Å². The summed E-state index contributed by atoms with van der Waals surface area (Å²) >= 11 is 0. The first-order chi connectivity index (χ1) is 11.8. The lowest BCUT2D eigenvalue weighted by Gasteiger charge is -2.27. The Labute approximate surface area is 141 Å². The van der Waals surface area contributed by atoms with E-state index in [4.69, 9.17) is 4.74 Å². The Balaban J connectivity index is 1.48. The van der Waals surface area contributed by atoms with Gasteiger partial charge in [0.1, 0.15) is 11.6 Å². The van der Waals surface area contributed by atoms with Crippen LogP contribution in [0.2, 0.25) is 0 Å². The van der Waals surface area contributed by atoms with Gasteiger partial charge in [-0.3, -0.25) is 4.79 Å². The second-order valence-corrected chi connectivity index (χ2v) is 6.03. The number of para-hydroxylation sites is 1. The van der Waals surface area contributed by atoms with E-state index in [9.17, 15) is 4.79 Å². The molecular weight excluding hydrogens is 304 g/mol. The van der Waals surface area contributed by atoms with Crippen molar-refractivity contribution in [2.45, 2.75) is 12.8 Å². The third kappa shape index (κ3) is 2.97. The zero-order valence-corrected chi connectivity index (χ0v) is 13.5. The van der Waals surface area contributed by atoms with Gasteiger partial charge in [0.05, 0.1) is 19.6 Å². The standard InChI is InChI=1S/C18H20N4O2/c23-18(22-8-6-14-3-1-2-4-15(14)22)13-16-19-7-5-17(20-16)21-9-11-24-12-10-21/h1-5,7H,6,8-13H2. The highest BCUT2D eigenvalue weighted by atomic mass is 16.5. The van der Waals surface area contributed by atoms with Crippen LogP contribution in [0.4, 0.5) is 11.5 Å². The number of hydrogen-bond donors (Lipinski definition) is 0. The summed E-state index contributed by atoms with van der Waals surface area (Å²) in [4.78, 5) is 25.6. The van der Waals surface area contributed by atoms with E-state index in [0.717, 1.165) is 37.6 Å². The predicted octanol–water partition coefficient (Wildman–Crippen LogP) is 1.44. The van der Waals surface area contributed by atoms with Crippen molar-refractivity contribution in [2.24, 2.45) is 0 Å². The fraction of sp³-hybridized carbons (Fsp3) is 0.389. The van der Waals surface area contributed by atoms with Gasteiger partial charge >= 0.3 is 0 Å². The molecule has 3 heterocycles. The third-order valence-electron chi connectivity index (χ3n) is 4.52. The Morgan fingerprint density at radius 2 is 1.96 bits per heavy atom. The van der Waals surface area contributed by atoms with Gasteiger partial charge in [-0.2, -0.15) is 0 Å². The summed E-state index contributed by atoms with van der Waals surface area (Å²) < 4.78 is 5.37. The molecule has 0 unspecified atom stereocenters. The number of nitrogens with zero attached hydrogens (tertiary/aromatic N) is 4. The number of benzene rings is 1. The molecule has 0 bridgehead atoms. The molecule has 0 atom stereocenters. The van der Waals surface area contributed by atoms with Crippen LogP contribution in [0.5, 0.6) is 0 Å². The number of rotatable bonds is 3. The minimum Gasteiger partial charge on any atom is -0.378 e. The molecule has 0 saturated carbocycles. The SMILES string of the molecule is O=C(Cc1nccc(N2CCOCC2)n1)N1CCc2ccccc21. The van der Waals surface area contributed by atoms with E-state index in [-0.39, 0.29) is 12.3 Å². The monoisotopic (exact) mass is 324 g/mol. The highest BCUT2D eigenvalue weighted by Gasteiger charge is 2.25. The third-order valence-corrected chi connectivity index (χ3v) is 4.52. The Morgan fingerprint density at radius 3 is 2.83 bits per heavy atom. The number of fused-ring (bicyclic) bond motifs is 1. The zero-order valence-electron chi connectivity index (χ0n) is 13.5. The van der Waals surface area contributed by atoms with E-state index < -0.39 is 0 Å². The average molecular weight is 324 g/mol. The molecule has 1 fully saturated rings. The maximum atomic E-state index is 12.7. The van der Waals surface area contributed by atoms with E-state index in [1.807, 2.05) is 29.2 Å². The van der Waals surface area contributed by atoms with Gasteiger partial charge in [0.25, 0.3) is 0 Å². The predicted molar refractivity (Wildman–Crippen MR) is 91.3 cm³/mol. The fourth-order valence-corrected chi connectivity index (χ4v) is 3.27. The zero-order chi connectivity index (χ0) is 16.4. The van der Waals surface area contributed by atoms with Gasteiger partial charge in [0.2, 0.25) is 5.91 Å². The van der Waals surface area contributed by atoms with E-state index in [2.05, 4.69) is 20.9 Å². The normalized spacial score (nSPS) is 17.0. The highest BCUT2D eigenvalue weighted by Crippen LogP contribution is 2.27. The highest BCUT2D eigenvalue weighted by molar-refractivity contribution is 5.96. The van der Waals surface area contributed by atoms with Gasteiger partial charge in [-0.15, -0.1) is 0 Å². The van der Waals surface area contributed by atoms with Gasteiger partial charge in [-0.05, 0) is 24.1 Å². The van der Waals surface area contributed by atoms with Crippen LogP contribution in [0.25, 0.3) is 0 Å². The number of carbonyl (C=O) groups excluding carboxylic acids is 1. The Morgan fingerprint density at radius 1 is 1.12 bits per heavy atom. The first-order valence-electron chi connectivity index (χ1n) is 8.34. The van der Waals surface area contributed by atoms with Crippen molar-refractivity contribution >= 4 is 17.4 Å². The smallest absolute Gasteiger partial charge is 0.234 e. The molecule has 1 aromatic carbocycles. The van der Waals surface area contributed by atoms with Gasteiger partial charge in [0.15, 0.2) is 0 Å². The molecule has 2 aliphatic heterocycles. The molecular formula is C18H20N4O2. The number of aromatic nitrogens is 2. The Kier molecular flexibility index (Phi) is 4.13. The molecule has 4 rings (SSSR count). The number of morpholine rings is 1. The minimum absolute atomic E-state index is 0.0547. The second-order valence-electron chi connectivity index (χ2n) is 6.03. The molecule has 0 N–H and O–H groups in total. The summed E-state index contributed by atoms with van der Waals surface area (Å²) in [6.45, 7) is 3.81. The van der Waals surface area contributed by atoms with Crippen LogP contribution < -0.4 is 9.80 Å². The average Bonchev–Trinajstić information content (AvgIpc) is 3.07. The maximum absolute atomic E-state index is 12.7. The quantitative estimate of drug-likeness (QED) is 0.855. The number of carbonyl (C=O) groups is 1. The summed E-state index contributed by atoms with van der Waals surface area (Å²) in [5, 5.41) is 0. The molecule has 6 heteroatoms. The molecule has 0 spiro atoms. The van der Waals surface area contributed by atoms with Gasteiger partial charge in [0, 0.05) is 31.5 Å². The van der Waals surface area contributed by atoms with E-state index in [1.165, 1.54) is 5.56 Å². The first kappa shape index (κ1) is 15.1.